The number of hydrogen-bond acceptors (Lipinski definition) is 5. The fraction of sp³-hybridized carbons (Fsp3) is 0.270. The van der Waals surface area contributed by atoms with Gasteiger partial charge in [-0.25, -0.2) is 33.8 Å². The average molecular weight is 2050 g/mol. The Morgan fingerprint density at radius 2 is 0.892 bits per heavy atom. The fourth-order valence-corrected chi connectivity index (χ4v) is 14.2. The van der Waals surface area contributed by atoms with E-state index in [0.29, 0.717) is 0 Å². The summed E-state index contributed by atoms with van der Waals surface area (Å²) in [6.45, 7) is 40.5. The fourth-order valence-electron chi connectivity index (χ4n) is 14.2. The van der Waals surface area contributed by atoms with E-state index in [-0.39, 0.29) is 107 Å². The smallest absolute Gasteiger partial charge is 0.117 e. The van der Waals surface area contributed by atoms with E-state index in [1.165, 1.54) is 87.8 Å². The van der Waals surface area contributed by atoms with E-state index >= 15 is 0 Å². The maximum atomic E-state index is 5.19. The van der Waals surface area contributed by atoms with E-state index in [2.05, 4.69) is 275 Å². The van der Waals surface area contributed by atoms with Crippen molar-refractivity contribution in [1.82, 2.24) is 43.4 Å². The van der Waals surface area contributed by atoms with Crippen molar-refractivity contribution in [1.29, 1.82) is 0 Å². The molecule has 9 heterocycles. The minimum Gasteiger partial charge on any atom is -0.255 e. The molecular formula is C89H87Ir4N9-4. The van der Waals surface area contributed by atoms with E-state index in [9.17, 15) is 0 Å². The quantitative estimate of drug-likeness (QED) is 0.161. The van der Waals surface area contributed by atoms with Crippen LogP contribution in [0.4, 0.5) is 0 Å². The monoisotopic (exact) mass is 2050 g/mol. The van der Waals surface area contributed by atoms with Gasteiger partial charge in [-0.05, 0) is 147 Å². The van der Waals surface area contributed by atoms with Crippen LogP contribution >= 0.6 is 0 Å². The molecule has 0 amide bonds. The zero-order valence-electron chi connectivity index (χ0n) is 61.5. The van der Waals surface area contributed by atoms with Gasteiger partial charge in [0.15, 0.2) is 0 Å². The summed E-state index contributed by atoms with van der Waals surface area (Å²) >= 11 is 0. The van der Waals surface area contributed by atoms with Crippen LogP contribution in [0.25, 0.3) is 120 Å². The standard InChI is InChI=1S/C32H36N3.C23H25N2.C19H17N2.C15H9N2.4Ir/c1-19-14-20(2)29(21(3)15-19)25-11-12-26-30(33-25)28-16-22(18-31(4,5)6)24-17-23(32(7,8)9)10-13-27(24)35(28)34-26;1-22(2,3)16-10-11-17-15(13-16)14-18(23(4,5)6)20-19-9-7-8-12-25(19)24-21(17)20;1-19(2,3)15-12-13-8-4-5-9-14(13)18-17(15)16-10-6-7-11-21(16)20-18;1-2-6-12-11(5-1)8-9-13-14-7-3-4-10-17(14)16-15(12)13;;;;/h10-12,14-17H,18H2,1-9H3;7-10,12-14H,1-6H3;4-8,10-12H,1-3H3;1-5,7-10H;;;;/q4*-1;;;;. The Morgan fingerprint density at radius 1 is 0.392 bits per heavy atom. The van der Waals surface area contributed by atoms with Crippen LogP contribution in [0.5, 0.6) is 0 Å². The first-order valence-corrected chi connectivity index (χ1v) is 34.4. The third-order valence-electron chi connectivity index (χ3n) is 19.0. The summed E-state index contributed by atoms with van der Waals surface area (Å²) in [4.78, 5) is 5.19. The molecule has 0 aliphatic rings. The van der Waals surface area contributed by atoms with Gasteiger partial charge in [0.25, 0.3) is 0 Å². The van der Waals surface area contributed by atoms with Crippen LogP contribution in [0.2, 0.25) is 0 Å². The molecule has 0 bridgehead atoms. The summed E-state index contributed by atoms with van der Waals surface area (Å²) in [7, 11) is 0. The molecule has 4 radical (unpaired) electrons. The zero-order valence-corrected chi connectivity index (χ0v) is 71.0. The Bertz CT molecular complexity index is 5970. The normalized spacial score (nSPS) is 12.1. The summed E-state index contributed by atoms with van der Waals surface area (Å²) in [5, 5.41) is 31.2. The van der Waals surface area contributed by atoms with Crippen molar-refractivity contribution >= 4 is 109 Å². The van der Waals surface area contributed by atoms with Gasteiger partial charge in [-0.1, -0.05) is 175 Å². The molecule has 17 rings (SSSR count). The molecule has 0 spiro atoms. The second kappa shape index (κ2) is 29.1. The molecule has 0 saturated heterocycles. The third-order valence-corrected chi connectivity index (χ3v) is 19.0. The minimum atomic E-state index is 0. The third kappa shape index (κ3) is 14.8. The van der Waals surface area contributed by atoms with Gasteiger partial charge in [0.2, 0.25) is 0 Å². The Kier molecular flexibility index (Phi) is 22.0. The topological polar surface area (TPSA) is 82.1 Å². The molecule has 13 heteroatoms. The number of hydrogen-bond donors (Lipinski definition) is 0. The molecule has 0 N–H and O–H groups in total. The summed E-state index contributed by atoms with van der Waals surface area (Å²) in [6, 6.07) is 73.4. The van der Waals surface area contributed by atoms with Gasteiger partial charge >= 0.3 is 0 Å². The molecule has 9 aromatic heterocycles. The predicted octanol–water partition coefficient (Wildman–Crippen LogP) is 22.5. The Labute approximate surface area is 653 Å². The van der Waals surface area contributed by atoms with Crippen molar-refractivity contribution < 1.29 is 80.4 Å². The van der Waals surface area contributed by atoms with E-state index < -0.39 is 0 Å². The molecule has 0 fully saturated rings. The molecular weight excluding hydrogens is 1960 g/mol. The van der Waals surface area contributed by atoms with Crippen LogP contribution in [0.3, 0.4) is 0 Å². The SMILES string of the molecule is CC(C)(C)c1c[c-]c2c(c1)cc(C(C)(C)C)c1c2nn2ccccc12.CC(C)(C)c1cc2ccc[c-]c2c2nn3ccccc3c12.Cc1cc(C)c(-c2ccc3nn4c5[c-]cc(C(C)(C)C)cc5c(CC(C)(C)C)cc4c3n2)c(C)c1.[Ir].[Ir].[Ir].[Ir].[c-]1cccc2ccc3c(nn4ccccc34)c12. The number of pyridine rings is 5. The van der Waals surface area contributed by atoms with Crippen LogP contribution in [-0.2, 0) is 109 Å². The first-order chi connectivity index (χ1) is 46.5. The summed E-state index contributed by atoms with van der Waals surface area (Å²) < 4.78 is 7.93. The second-order valence-electron chi connectivity index (χ2n) is 32.2. The van der Waals surface area contributed by atoms with Crippen LogP contribution in [0, 0.1) is 50.5 Å². The van der Waals surface area contributed by atoms with Gasteiger partial charge in [0, 0.05) is 121 Å². The number of fused-ring (bicyclic) bond motifs is 20. The van der Waals surface area contributed by atoms with Gasteiger partial charge in [-0.3, -0.25) is 4.52 Å². The number of nitrogens with zero attached hydrogens (tertiary/aromatic N) is 9. The van der Waals surface area contributed by atoms with Crippen molar-refractivity contribution in [2.45, 2.75) is 153 Å². The van der Waals surface area contributed by atoms with E-state index in [1.54, 1.807) is 0 Å². The van der Waals surface area contributed by atoms with Crippen LogP contribution in [-0.4, -0.2) is 43.4 Å². The Hall–Kier alpha value is -7.65. The van der Waals surface area contributed by atoms with Crippen LogP contribution in [0.1, 0.15) is 148 Å². The number of benzene rings is 8. The number of rotatable bonds is 2. The maximum Gasteiger partial charge on any atom is 0.117 e. The molecule has 8 aromatic carbocycles. The first kappa shape index (κ1) is 77.0. The Morgan fingerprint density at radius 3 is 1.45 bits per heavy atom. The summed E-state index contributed by atoms with van der Waals surface area (Å²) in [5.74, 6) is 0. The number of aryl methyl sites for hydroxylation is 3. The van der Waals surface area contributed by atoms with Crippen LogP contribution in [0.15, 0.2) is 188 Å². The van der Waals surface area contributed by atoms with Crippen molar-refractivity contribution in [3.8, 4) is 11.3 Å². The van der Waals surface area contributed by atoms with Gasteiger partial charge < -0.3 is 0 Å². The Balaban J connectivity index is 0.000000149. The van der Waals surface area contributed by atoms with Gasteiger partial charge in [-0.2, -0.15) is 23.3 Å². The maximum absolute atomic E-state index is 5.19. The molecule has 0 saturated carbocycles. The summed E-state index contributed by atoms with van der Waals surface area (Å²) in [6.07, 6.45) is 6.99. The molecule has 528 valence electrons. The molecule has 0 aliphatic carbocycles. The molecule has 0 atom stereocenters. The zero-order chi connectivity index (χ0) is 69.1. The molecule has 0 unspecified atom stereocenters. The molecule has 9 nitrogen and oxygen atoms in total. The van der Waals surface area contributed by atoms with Crippen molar-refractivity contribution in [2.24, 2.45) is 5.41 Å². The molecule has 102 heavy (non-hydrogen) atoms. The van der Waals surface area contributed by atoms with Gasteiger partial charge in [0.05, 0.1) is 27.8 Å². The van der Waals surface area contributed by atoms with Crippen molar-refractivity contribution in [3.63, 3.8) is 0 Å². The van der Waals surface area contributed by atoms with Gasteiger partial charge in [-0.15, -0.1) is 116 Å². The van der Waals surface area contributed by atoms with E-state index in [0.717, 1.165) is 83.4 Å². The second-order valence-corrected chi connectivity index (χ2v) is 32.2. The van der Waals surface area contributed by atoms with Crippen molar-refractivity contribution in [3.05, 3.63) is 257 Å². The van der Waals surface area contributed by atoms with Crippen LogP contribution < -0.4 is 0 Å². The summed E-state index contributed by atoms with van der Waals surface area (Å²) in [5.41, 5.74) is 23.6. The van der Waals surface area contributed by atoms with Gasteiger partial charge in [0.1, 0.15) is 11.0 Å². The molecule has 17 aromatic rings. The molecule has 0 aliphatic heterocycles. The predicted molar refractivity (Wildman–Crippen MR) is 412 cm³/mol. The minimum absolute atomic E-state index is 0. The van der Waals surface area contributed by atoms with E-state index in [1.807, 2.05) is 85.2 Å². The first-order valence-electron chi connectivity index (χ1n) is 34.4. The average Bonchev–Trinajstić information content (AvgIpc) is 1.56. The number of aromatic nitrogens is 9. The van der Waals surface area contributed by atoms with Crippen molar-refractivity contribution in [2.75, 3.05) is 0 Å². The largest absolute Gasteiger partial charge is 0.255 e. The van der Waals surface area contributed by atoms with E-state index in [4.69, 9.17) is 20.3 Å².